The summed E-state index contributed by atoms with van der Waals surface area (Å²) in [7, 11) is 5.42. The molecule has 0 saturated carbocycles. The van der Waals surface area contributed by atoms with Gasteiger partial charge in [0.2, 0.25) is 11.8 Å². The van der Waals surface area contributed by atoms with Gasteiger partial charge in [0, 0.05) is 45.0 Å². The summed E-state index contributed by atoms with van der Waals surface area (Å²) in [6.07, 6.45) is 1.78. The maximum atomic E-state index is 13.7. The highest BCUT2D eigenvalue weighted by atomic mass is 16.5. The standard InChI is InChI=1S/C29H26N6O6/c1-33(2)23-11-15(9-10-30-23)17-12-22-21(34(3)25(37)14-41-22)13-19(17)31-18-6-4-5-16-26(18)29(40)35(28(16)39)20-7-8-24(36)32-27(20)38/h4-6,9-13,20,31H,7-8,14H2,1-3H3,(H,32,36,38). The smallest absolute Gasteiger partial charge is 0.264 e. The monoisotopic (exact) mass is 554 g/mol. The number of fused-ring (bicyclic) bond motifs is 2. The minimum absolute atomic E-state index is 0.0303. The van der Waals surface area contributed by atoms with Crippen LogP contribution in [0.15, 0.2) is 48.7 Å². The van der Waals surface area contributed by atoms with Gasteiger partial charge >= 0.3 is 0 Å². The number of piperidine rings is 1. The molecule has 3 aliphatic rings. The van der Waals surface area contributed by atoms with Crippen LogP contribution in [-0.4, -0.2) is 73.2 Å². The lowest BCUT2D eigenvalue weighted by Gasteiger charge is -2.28. The Kier molecular flexibility index (Phi) is 6.17. The molecule has 12 nitrogen and oxygen atoms in total. The highest BCUT2D eigenvalue weighted by Gasteiger charge is 2.45. The summed E-state index contributed by atoms with van der Waals surface area (Å²) in [6, 6.07) is 11.1. The Bertz CT molecular complexity index is 1670. The van der Waals surface area contributed by atoms with Crippen molar-refractivity contribution >= 4 is 52.4 Å². The van der Waals surface area contributed by atoms with E-state index >= 15 is 0 Å². The number of likely N-dealkylation sites (N-methyl/N-ethyl adjacent to an activating group) is 1. The van der Waals surface area contributed by atoms with Crippen molar-refractivity contribution in [3.05, 3.63) is 59.8 Å². The third-order valence-corrected chi connectivity index (χ3v) is 7.44. The summed E-state index contributed by atoms with van der Waals surface area (Å²) in [5, 5.41) is 5.53. The van der Waals surface area contributed by atoms with E-state index in [1.807, 2.05) is 37.2 Å². The number of carbonyl (C=O) groups excluding carboxylic acids is 5. The molecule has 4 heterocycles. The average molecular weight is 555 g/mol. The van der Waals surface area contributed by atoms with E-state index in [-0.39, 0.29) is 36.5 Å². The van der Waals surface area contributed by atoms with Crippen LogP contribution in [-0.2, 0) is 14.4 Å². The Labute approximate surface area is 234 Å². The quantitative estimate of drug-likeness (QED) is 0.455. The molecule has 1 unspecified atom stereocenters. The van der Waals surface area contributed by atoms with E-state index in [1.165, 1.54) is 11.0 Å². The van der Waals surface area contributed by atoms with Gasteiger partial charge in [-0.3, -0.25) is 34.2 Å². The predicted molar refractivity (Wildman–Crippen MR) is 149 cm³/mol. The fraction of sp³-hybridized carbons (Fsp3) is 0.241. The number of amides is 5. The Morgan fingerprint density at radius 3 is 2.56 bits per heavy atom. The normalized spacial score (nSPS) is 18.1. The molecule has 41 heavy (non-hydrogen) atoms. The highest BCUT2D eigenvalue weighted by Crippen LogP contribution is 2.43. The first kappa shape index (κ1) is 26.0. The number of benzene rings is 2. The maximum absolute atomic E-state index is 13.7. The Morgan fingerprint density at radius 1 is 1.00 bits per heavy atom. The minimum atomic E-state index is -1.08. The number of hydrogen-bond acceptors (Lipinski definition) is 9. The van der Waals surface area contributed by atoms with E-state index in [9.17, 15) is 24.0 Å². The van der Waals surface area contributed by atoms with Crippen molar-refractivity contribution in [3.63, 3.8) is 0 Å². The van der Waals surface area contributed by atoms with Crippen LogP contribution in [0.4, 0.5) is 22.9 Å². The van der Waals surface area contributed by atoms with E-state index in [4.69, 9.17) is 4.74 Å². The molecule has 5 amide bonds. The van der Waals surface area contributed by atoms with Gasteiger partial charge in [0.1, 0.15) is 17.6 Å². The fourth-order valence-electron chi connectivity index (χ4n) is 5.25. The molecule has 3 aromatic rings. The summed E-state index contributed by atoms with van der Waals surface area (Å²) >= 11 is 0. The van der Waals surface area contributed by atoms with E-state index in [0.717, 1.165) is 16.3 Å². The zero-order valence-corrected chi connectivity index (χ0v) is 22.6. The van der Waals surface area contributed by atoms with Crippen LogP contribution in [0.2, 0.25) is 0 Å². The van der Waals surface area contributed by atoms with E-state index < -0.39 is 29.7 Å². The molecular formula is C29H26N6O6. The Morgan fingerprint density at radius 2 is 1.80 bits per heavy atom. The molecule has 0 bridgehead atoms. The van der Waals surface area contributed by atoms with Crippen LogP contribution in [0.25, 0.3) is 11.1 Å². The molecule has 2 N–H and O–H groups in total. The van der Waals surface area contributed by atoms with Crippen molar-refractivity contribution < 1.29 is 28.7 Å². The van der Waals surface area contributed by atoms with E-state index in [1.54, 1.807) is 31.4 Å². The highest BCUT2D eigenvalue weighted by molar-refractivity contribution is 6.25. The lowest BCUT2D eigenvalue weighted by molar-refractivity contribution is -0.136. The molecule has 12 heteroatoms. The topological polar surface area (TPSA) is 141 Å². The van der Waals surface area contributed by atoms with Gasteiger partial charge in [-0.1, -0.05) is 6.07 Å². The molecule has 2 aromatic carbocycles. The third kappa shape index (κ3) is 4.33. The van der Waals surface area contributed by atoms with Crippen molar-refractivity contribution in [2.24, 2.45) is 0 Å². The zero-order chi connectivity index (χ0) is 29.0. The van der Waals surface area contributed by atoms with Crippen LogP contribution < -0.4 is 25.2 Å². The second-order valence-electron chi connectivity index (χ2n) is 10.2. The molecule has 3 aliphatic heterocycles. The van der Waals surface area contributed by atoms with Crippen molar-refractivity contribution in [3.8, 4) is 16.9 Å². The number of rotatable bonds is 5. The fourth-order valence-corrected chi connectivity index (χ4v) is 5.25. The van der Waals surface area contributed by atoms with Crippen LogP contribution in [0, 0.1) is 0 Å². The van der Waals surface area contributed by atoms with Crippen molar-refractivity contribution in [1.29, 1.82) is 0 Å². The number of nitrogens with zero attached hydrogens (tertiary/aromatic N) is 4. The van der Waals surface area contributed by atoms with Gasteiger partial charge < -0.3 is 19.9 Å². The summed E-state index contributed by atoms with van der Waals surface area (Å²) in [6.45, 7) is -0.0893. The summed E-state index contributed by atoms with van der Waals surface area (Å²) < 4.78 is 5.74. The first-order chi connectivity index (χ1) is 19.6. The number of nitrogens with one attached hydrogen (secondary N) is 2. The van der Waals surface area contributed by atoms with E-state index in [0.29, 0.717) is 28.4 Å². The summed E-state index contributed by atoms with van der Waals surface area (Å²) in [4.78, 5) is 72.3. The SMILES string of the molecule is CN(C)c1cc(-c2cc3c(cc2Nc2cccc4c2C(=O)N(C2CCC(=O)NC2=O)C4=O)N(C)C(=O)CO3)ccn1. The minimum Gasteiger partial charge on any atom is -0.482 e. The number of aromatic nitrogens is 1. The van der Waals surface area contributed by atoms with Crippen LogP contribution >= 0.6 is 0 Å². The lowest BCUT2D eigenvalue weighted by atomic mass is 10.0. The van der Waals surface area contributed by atoms with Crippen LogP contribution in [0.3, 0.4) is 0 Å². The number of pyridine rings is 1. The van der Waals surface area contributed by atoms with Crippen LogP contribution in [0.5, 0.6) is 5.75 Å². The van der Waals surface area contributed by atoms with Gasteiger partial charge in [-0.25, -0.2) is 4.98 Å². The first-order valence-electron chi connectivity index (χ1n) is 13.0. The molecule has 0 radical (unpaired) electrons. The second kappa shape index (κ2) is 9.73. The largest absolute Gasteiger partial charge is 0.482 e. The number of carbonyl (C=O) groups is 5. The predicted octanol–water partition coefficient (Wildman–Crippen LogP) is 2.31. The van der Waals surface area contributed by atoms with Gasteiger partial charge in [0.15, 0.2) is 6.61 Å². The molecule has 1 fully saturated rings. The molecule has 0 spiro atoms. The van der Waals surface area contributed by atoms with Gasteiger partial charge in [-0.2, -0.15) is 0 Å². The molecule has 6 rings (SSSR count). The maximum Gasteiger partial charge on any atom is 0.264 e. The number of anilines is 4. The molecule has 1 aromatic heterocycles. The molecular weight excluding hydrogens is 528 g/mol. The Hall–Kier alpha value is -5.26. The van der Waals surface area contributed by atoms with Crippen molar-refractivity contribution in [1.82, 2.24) is 15.2 Å². The summed E-state index contributed by atoms with van der Waals surface area (Å²) in [5.41, 5.74) is 3.23. The molecule has 1 saturated heterocycles. The number of hydrogen-bond donors (Lipinski definition) is 2. The van der Waals surface area contributed by atoms with Crippen molar-refractivity contribution in [2.75, 3.05) is 42.9 Å². The first-order valence-corrected chi connectivity index (χ1v) is 13.0. The number of ether oxygens (including phenoxy) is 1. The number of imide groups is 2. The van der Waals surface area contributed by atoms with Gasteiger partial charge in [0.25, 0.3) is 17.7 Å². The molecule has 1 atom stereocenters. The van der Waals surface area contributed by atoms with Gasteiger partial charge in [-0.15, -0.1) is 0 Å². The average Bonchev–Trinajstić information content (AvgIpc) is 3.21. The third-order valence-electron chi connectivity index (χ3n) is 7.44. The molecule has 208 valence electrons. The lowest BCUT2D eigenvalue weighted by Crippen LogP contribution is -2.54. The van der Waals surface area contributed by atoms with Gasteiger partial charge in [0.05, 0.1) is 22.5 Å². The Balaban J connectivity index is 1.44. The van der Waals surface area contributed by atoms with Crippen molar-refractivity contribution in [2.45, 2.75) is 18.9 Å². The van der Waals surface area contributed by atoms with Crippen LogP contribution in [0.1, 0.15) is 33.6 Å². The second-order valence-corrected chi connectivity index (χ2v) is 10.2. The molecule has 0 aliphatic carbocycles. The van der Waals surface area contributed by atoms with E-state index in [2.05, 4.69) is 15.6 Å². The zero-order valence-electron chi connectivity index (χ0n) is 22.6. The summed E-state index contributed by atoms with van der Waals surface area (Å²) in [5.74, 6) is -1.31. The van der Waals surface area contributed by atoms with Gasteiger partial charge in [-0.05, 0) is 48.4 Å².